The number of hydrogen-bond acceptors (Lipinski definition) is 2. The summed E-state index contributed by atoms with van der Waals surface area (Å²) in [6, 6.07) is 55.9. The highest BCUT2D eigenvalue weighted by molar-refractivity contribution is 5.82. The third-order valence-electron chi connectivity index (χ3n) is 7.33. The summed E-state index contributed by atoms with van der Waals surface area (Å²) in [6.45, 7) is 4.33. The van der Waals surface area contributed by atoms with Crippen molar-refractivity contribution in [1.82, 2.24) is 0 Å². The van der Waals surface area contributed by atoms with E-state index in [9.17, 15) is 0 Å². The van der Waals surface area contributed by atoms with Gasteiger partial charge in [-0.25, -0.2) is 0 Å². The molecule has 6 aromatic rings. The van der Waals surface area contributed by atoms with E-state index in [1.54, 1.807) is 0 Å². The third-order valence-corrected chi connectivity index (χ3v) is 7.33. The molecule has 0 spiro atoms. The summed E-state index contributed by atoms with van der Waals surface area (Å²) < 4.78 is 0. The van der Waals surface area contributed by atoms with Gasteiger partial charge in [-0.1, -0.05) is 97.1 Å². The van der Waals surface area contributed by atoms with Gasteiger partial charge in [0.1, 0.15) is 0 Å². The van der Waals surface area contributed by atoms with E-state index < -0.39 is 0 Å². The normalized spacial score (nSPS) is 10.8. The fourth-order valence-corrected chi connectivity index (χ4v) is 5.24. The molecule has 6 rings (SSSR count). The maximum Gasteiger partial charge on any atom is 0.0490 e. The van der Waals surface area contributed by atoms with Crippen LogP contribution in [0.4, 0.5) is 34.1 Å². The first-order chi connectivity index (χ1) is 19.7. The second-order valence-corrected chi connectivity index (χ2v) is 10.0. The Kier molecular flexibility index (Phi) is 7.15. The van der Waals surface area contributed by atoms with Gasteiger partial charge in [-0.2, -0.15) is 0 Å². The molecule has 194 valence electrons. The molecular formula is C38H32N2. The molecule has 0 atom stereocenters. The molecule has 0 amide bonds. The topological polar surface area (TPSA) is 6.48 Å². The van der Waals surface area contributed by atoms with Crippen molar-refractivity contribution >= 4 is 34.1 Å². The van der Waals surface area contributed by atoms with E-state index in [1.165, 1.54) is 33.6 Å². The fourth-order valence-electron chi connectivity index (χ4n) is 5.24. The maximum atomic E-state index is 2.32. The van der Waals surface area contributed by atoms with Crippen LogP contribution in [0.15, 0.2) is 158 Å². The van der Waals surface area contributed by atoms with Crippen molar-refractivity contribution in [3.63, 3.8) is 0 Å². The van der Waals surface area contributed by atoms with E-state index in [-0.39, 0.29) is 0 Å². The van der Waals surface area contributed by atoms with Crippen LogP contribution in [-0.4, -0.2) is 0 Å². The summed E-state index contributed by atoms with van der Waals surface area (Å²) in [5, 5.41) is 0. The van der Waals surface area contributed by atoms with Crippen LogP contribution < -0.4 is 9.80 Å². The average molecular weight is 517 g/mol. The van der Waals surface area contributed by atoms with E-state index in [4.69, 9.17) is 0 Å². The zero-order chi connectivity index (χ0) is 27.3. The number of aryl methyl sites for hydroxylation is 2. The Morgan fingerprint density at radius 3 is 0.950 bits per heavy atom. The molecule has 0 aliphatic rings. The fraction of sp³-hybridized carbons (Fsp3) is 0.0526. The summed E-state index contributed by atoms with van der Waals surface area (Å²) in [4.78, 5) is 4.64. The summed E-state index contributed by atoms with van der Waals surface area (Å²) in [5.41, 5.74) is 11.8. The van der Waals surface area contributed by atoms with Gasteiger partial charge in [0.25, 0.3) is 0 Å². The van der Waals surface area contributed by atoms with Crippen molar-refractivity contribution < 1.29 is 0 Å². The highest BCUT2D eigenvalue weighted by Crippen LogP contribution is 2.39. The number of benzene rings is 6. The monoisotopic (exact) mass is 516 g/mol. The molecule has 0 N–H and O–H groups in total. The lowest BCUT2D eigenvalue weighted by molar-refractivity contribution is 1.25. The number of hydrogen-bond donors (Lipinski definition) is 0. The van der Waals surface area contributed by atoms with Crippen LogP contribution >= 0.6 is 0 Å². The summed E-state index contributed by atoms with van der Waals surface area (Å²) in [7, 11) is 0. The van der Waals surface area contributed by atoms with Gasteiger partial charge >= 0.3 is 0 Å². The molecule has 2 heteroatoms. The third kappa shape index (κ3) is 5.12. The van der Waals surface area contributed by atoms with Gasteiger partial charge in [-0.3, -0.25) is 0 Å². The summed E-state index contributed by atoms with van der Waals surface area (Å²) in [6.07, 6.45) is 0. The highest BCUT2D eigenvalue weighted by Gasteiger charge is 2.16. The molecule has 6 aromatic carbocycles. The van der Waals surface area contributed by atoms with Gasteiger partial charge in [-0.05, 0) is 96.8 Å². The van der Waals surface area contributed by atoms with Crippen molar-refractivity contribution in [2.75, 3.05) is 9.80 Å². The predicted octanol–water partition coefficient (Wildman–Crippen LogP) is 10.9. The molecule has 0 aliphatic carbocycles. The van der Waals surface area contributed by atoms with Gasteiger partial charge < -0.3 is 9.80 Å². The Labute approximate surface area is 237 Å². The quantitative estimate of drug-likeness (QED) is 0.208. The van der Waals surface area contributed by atoms with Crippen LogP contribution in [0.25, 0.3) is 11.1 Å². The Bertz CT molecular complexity index is 1560. The molecule has 0 bridgehead atoms. The first kappa shape index (κ1) is 25.2. The van der Waals surface area contributed by atoms with Crippen LogP contribution in [0, 0.1) is 13.8 Å². The minimum absolute atomic E-state index is 1.13. The van der Waals surface area contributed by atoms with Crippen molar-refractivity contribution in [1.29, 1.82) is 0 Å². The molecule has 0 heterocycles. The summed E-state index contributed by atoms with van der Waals surface area (Å²) >= 11 is 0. The number of nitrogens with zero attached hydrogens (tertiary/aromatic N) is 2. The van der Waals surface area contributed by atoms with Crippen LogP contribution in [-0.2, 0) is 0 Å². The first-order valence-corrected chi connectivity index (χ1v) is 13.7. The molecule has 0 aliphatic heterocycles. The Morgan fingerprint density at radius 1 is 0.300 bits per heavy atom. The number of para-hydroxylation sites is 4. The van der Waals surface area contributed by atoms with Gasteiger partial charge in [0.05, 0.1) is 0 Å². The van der Waals surface area contributed by atoms with E-state index in [1.807, 2.05) is 0 Å². The first-order valence-electron chi connectivity index (χ1n) is 13.7. The van der Waals surface area contributed by atoms with Crippen LogP contribution in [0.1, 0.15) is 11.1 Å². The van der Waals surface area contributed by atoms with E-state index in [0.717, 1.165) is 22.7 Å². The molecule has 0 aromatic heterocycles. The van der Waals surface area contributed by atoms with Gasteiger partial charge in [0.2, 0.25) is 0 Å². The van der Waals surface area contributed by atoms with Crippen LogP contribution in [0.3, 0.4) is 0 Å². The largest absolute Gasteiger partial charge is 0.310 e. The molecule has 0 fully saturated rings. The standard InChI is InChI=1S/C38H32N2/c1-29-13-9-11-19-37(29)39(33-15-5-3-6-16-33)35-25-21-31(22-26-35)32-23-27-36(28-24-32)40(34-17-7-4-8-18-34)38-20-12-10-14-30(38)2/h3-28H,1-2H3. The van der Waals surface area contributed by atoms with E-state index in [0.29, 0.717) is 0 Å². The molecular weight excluding hydrogens is 484 g/mol. The predicted molar refractivity (Wildman–Crippen MR) is 171 cm³/mol. The van der Waals surface area contributed by atoms with Gasteiger partial charge in [0, 0.05) is 34.1 Å². The number of anilines is 6. The van der Waals surface area contributed by atoms with E-state index >= 15 is 0 Å². The minimum atomic E-state index is 1.13. The molecule has 0 radical (unpaired) electrons. The zero-order valence-electron chi connectivity index (χ0n) is 22.9. The maximum absolute atomic E-state index is 2.32. The van der Waals surface area contributed by atoms with Gasteiger partial charge in [-0.15, -0.1) is 0 Å². The van der Waals surface area contributed by atoms with Crippen molar-refractivity contribution in [3.8, 4) is 11.1 Å². The lowest BCUT2D eigenvalue weighted by Gasteiger charge is -2.27. The molecule has 0 saturated heterocycles. The highest BCUT2D eigenvalue weighted by atomic mass is 15.1. The van der Waals surface area contributed by atoms with E-state index in [2.05, 4.69) is 181 Å². The number of rotatable bonds is 7. The Hall–Kier alpha value is -5.08. The summed E-state index contributed by atoms with van der Waals surface area (Å²) in [5.74, 6) is 0. The molecule has 40 heavy (non-hydrogen) atoms. The molecule has 0 unspecified atom stereocenters. The van der Waals surface area contributed by atoms with Gasteiger partial charge in [0.15, 0.2) is 0 Å². The lowest BCUT2D eigenvalue weighted by Crippen LogP contribution is -2.11. The van der Waals surface area contributed by atoms with Crippen LogP contribution in [0.2, 0.25) is 0 Å². The second kappa shape index (κ2) is 11.3. The SMILES string of the molecule is Cc1ccccc1N(c1ccccc1)c1ccc(-c2ccc(N(c3ccccc3)c3ccccc3C)cc2)cc1. The smallest absolute Gasteiger partial charge is 0.0490 e. The molecule has 0 saturated carbocycles. The Balaban J connectivity index is 1.33. The van der Waals surface area contributed by atoms with Crippen molar-refractivity contribution in [3.05, 3.63) is 169 Å². The second-order valence-electron chi connectivity index (χ2n) is 10.0. The van der Waals surface area contributed by atoms with Crippen molar-refractivity contribution in [2.24, 2.45) is 0 Å². The minimum Gasteiger partial charge on any atom is -0.310 e. The zero-order valence-corrected chi connectivity index (χ0v) is 22.9. The average Bonchev–Trinajstić information content (AvgIpc) is 3.01. The lowest BCUT2D eigenvalue weighted by atomic mass is 10.0. The van der Waals surface area contributed by atoms with Crippen LogP contribution in [0.5, 0.6) is 0 Å². The van der Waals surface area contributed by atoms with Crippen molar-refractivity contribution in [2.45, 2.75) is 13.8 Å². The molecule has 2 nitrogen and oxygen atoms in total. The Morgan fingerprint density at radius 2 is 0.600 bits per heavy atom.